The van der Waals surface area contributed by atoms with Gasteiger partial charge in [-0.3, -0.25) is 4.57 Å². The molecule has 0 aliphatic carbocycles. The van der Waals surface area contributed by atoms with Crippen LogP contribution < -0.4 is 0 Å². The van der Waals surface area contributed by atoms with Crippen molar-refractivity contribution in [2.24, 2.45) is 0 Å². The Hall–Kier alpha value is -1.28. The highest BCUT2D eigenvalue weighted by molar-refractivity contribution is 6.28. The summed E-state index contributed by atoms with van der Waals surface area (Å²) >= 11 is 6.08. The van der Waals surface area contributed by atoms with Crippen LogP contribution in [0.15, 0.2) is 24.3 Å². The van der Waals surface area contributed by atoms with Crippen LogP contribution in [0.25, 0.3) is 5.69 Å². The van der Waals surface area contributed by atoms with Crippen LogP contribution >= 0.6 is 11.6 Å². The molecule has 0 amide bonds. The predicted octanol–water partition coefficient (Wildman–Crippen LogP) is 3.45. The predicted molar refractivity (Wildman–Crippen MR) is 62.8 cm³/mol. The lowest BCUT2D eigenvalue weighted by molar-refractivity contribution is 1.00. The second-order valence-electron chi connectivity index (χ2n) is 3.72. The third-order valence-electron chi connectivity index (χ3n) is 2.60. The number of rotatable bonds is 1. The van der Waals surface area contributed by atoms with Gasteiger partial charge in [0.2, 0.25) is 5.28 Å². The Morgan fingerprint density at radius 1 is 1.07 bits per heavy atom. The van der Waals surface area contributed by atoms with E-state index >= 15 is 0 Å². The van der Waals surface area contributed by atoms with E-state index in [1.807, 2.05) is 18.4 Å². The molecule has 3 heteroatoms. The average molecular weight is 221 g/mol. The first-order valence-electron chi connectivity index (χ1n) is 4.88. The van der Waals surface area contributed by atoms with E-state index < -0.39 is 0 Å². The van der Waals surface area contributed by atoms with E-state index in [0.717, 1.165) is 17.1 Å². The van der Waals surface area contributed by atoms with Gasteiger partial charge in [0.25, 0.3) is 0 Å². The fourth-order valence-electron chi connectivity index (χ4n) is 1.56. The monoisotopic (exact) mass is 220 g/mol. The van der Waals surface area contributed by atoms with Gasteiger partial charge in [-0.25, -0.2) is 4.98 Å². The largest absolute Gasteiger partial charge is 0.288 e. The van der Waals surface area contributed by atoms with Crippen LogP contribution in [0.1, 0.15) is 17.0 Å². The topological polar surface area (TPSA) is 17.8 Å². The lowest BCUT2D eigenvalue weighted by Crippen LogP contribution is -1.96. The van der Waals surface area contributed by atoms with Gasteiger partial charge in [0.05, 0.1) is 5.69 Å². The second-order valence-corrected chi connectivity index (χ2v) is 4.06. The molecule has 0 radical (unpaired) electrons. The molecule has 0 saturated carbocycles. The van der Waals surface area contributed by atoms with Crippen LogP contribution in [0.3, 0.4) is 0 Å². The van der Waals surface area contributed by atoms with Gasteiger partial charge in [0.1, 0.15) is 0 Å². The number of aromatic nitrogens is 2. The maximum absolute atomic E-state index is 6.08. The van der Waals surface area contributed by atoms with Crippen molar-refractivity contribution >= 4 is 11.6 Å². The molecule has 0 unspecified atom stereocenters. The number of nitrogens with zero attached hydrogens (tertiary/aromatic N) is 2. The fraction of sp³-hybridized carbons (Fsp3) is 0.250. The van der Waals surface area contributed by atoms with Gasteiger partial charge in [-0.1, -0.05) is 17.7 Å². The highest BCUT2D eigenvalue weighted by Crippen LogP contribution is 2.21. The normalized spacial score (nSPS) is 10.7. The SMILES string of the molecule is Cc1ccc(-n2c(Cl)nc(C)c2C)cc1. The Labute approximate surface area is 94.5 Å². The molecule has 1 aromatic carbocycles. The highest BCUT2D eigenvalue weighted by Gasteiger charge is 2.09. The molecule has 0 atom stereocenters. The summed E-state index contributed by atoms with van der Waals surface area (Å²) in [6, 6.07) is 8.24. The summed E-state index contributed by atoms with van der Waals surface area (Å²) in [6.45, 7) is 6.05. The lowest BCUT2D eigenvalue weighted by Gasteiger charge is -2.06. The van der Waals surface area contributed by atoms with E-state index in [-0.39, 0.29) is 0 Å². The second kappa shape index (κ2) is 3.70. The van der Waals surface area contributed by atoms with Crippen LogP contribution in [0.2, 0.25) is 5.28 Å². The Balaban J connectivity index is 2.58. The molecule has 1 aromatic heterocycles. The van der Waals surface area contributed by atoms with Gasteiger partial charge in [-0.05, 0) is 44.5 Å². The summed E-state index contributed by atoms with van der Waals surface area (Å²) in [6.07, 6.45) is 0. The summed E-state index contributed by atoms with van der Waals surface area (Å²) < 4.78 is 1.95. The van der Waals surface area contributed by atoms with Crippen LogP contribution in [-0.2, 0) is 0 Å². The fourth-order valence-corrected chi connectivity index (χ4v) is 1.91. The van der Waals surface area contributed by atoms with Crippen LogP contribution in [0.5, 0.6) is 0 Å². The summed E-state index contributed by atoms with van der Waals surface area (Å²) in [7, 11) is 0. The molecule has 0 aliphatic heterocycles. The molecule has 0 N–H and O–H groups in total. The van der Waals surface area contributed by atoms with Gasteiger partial charge >= 0.3 is 0 Å². The summed E-state index contributed by atoms with van der Waals surface area (Å²) in [4.78, 5) is 4.24. The van der Waals surface area contributed by atoms with Crippen molar-refractivity contribution in [2.75, 3.05) is 0 Å². The number of hydrogen-bond donors (Lipinski definition) is 0. The molecule has 78 valence electrons. The zero-order chi connectivity index (χ0) is 11.0. The van der Waals surface area contributed by atoms with Crippen LogP contribution in [0.4, 0.5) is 0 Å². The minimum atomic E-state index is 0.522. The molecule has 0 saturated heterocycles. The third kappa shape index (κ3) is 1.77. The number of imidazole rings is 1. The van der Waals surface area contributed by atoms with Crippen molar-refractivity contribution in [1.82, 2.24) is 9.55 Å². The van der Waals surface area contributed by atoms with Crippen molar-refractivity contribution in [3.8, 4) is 5.69 Å². The zero-order valence-corrected chi connectivity index (χ0v) is 9.84. The molecule has 0 spiro atoms. The third-order valence-corrected chi connectivity index (χ3v) is 2.85. The smallest absolute Gasteiger partial charge is 0.207 e. The number of halogens is 1. The van der Waals surface area contributed by atoms with Gasteiger partial charge in [0.15, 0.2) is 0 Å². The van der Waals surface area contributed by atoms with Crippen LogP contribution in [0, 0.1) is 20.8 Å². The van der Waals surface area contributed by atoms with E-state index in [4.69, 9.17) is 11.6 Å². The van der Waals surface area contributed by atoms with Crippen molar-refractivity contribution < 1.29 is 0 Å². The van der Waals surface area contributed by atoms with Crippen LogP contribution in [-0.4, -0.2) is 9.55 Å². The molecular formula is C12H13ClN2. The minimum Gasteiger partial charge on any atom is -0.288 e. The number of benzene rings is 1. The van der Waals surface area contributed by atoms with Gasteiger partial charge in [0, 0.05) is 11.4 Å². The first-order valence-corrected chi connectivity index (χ1v) is 5.26. The summed E-state index contributed by atoms with van der Waals surface area (Å²) in [5.74, 6) is 0. The van der Waals surface area contributed by atoms with Gasteiger partial charge < -0.3 is 0 Å². The van der Waals surface area contributed by atoms with E-state index in [9.17, 15) is 0 Å². The minimum absolute atomic E-state index is 0.522. The molecule has 0 fully saturated rings. The number of hydrogen-bond acceptors (Lipinski definition) is 1. The van der Waals surface area contributed by atoms with Gasteiger partial charge in [-0.2, -0.15) is 0 Å². The molecule has 0 bridgehead atoms. The molecule has 2 aromatic rings. The summed E-state index contributed by atoms with van der Waals surface area (Å²) in [5, 5.41) is 0.522. The average Bonchev–Trinajstić information content (AvgIpc) is 2.44. The van der Waals surface area contributed by atoms with Crippen molar-refractivity contribution in [3.63, 3.8) is 0 Å². The first-order chi connectivity index (χ1) is 7.09. The quantitative estimate of drug-likeness (QED) is 0.720. The van der Waals surface area contributed by atoms with E-state index in [2.05, 4.69) is 36.2 Å². The lowest BCUT2D eigenvalue weighted by atomic mass is 10.2. The molecule has 0 aliphatic rings. The Morgan fingerprint density at radius 2 is 1.67 bits per heavy atom. The molecule has 2 rings (SSSR count). The highest BCUT2D eigenvalue weighted by atomic mass is 35.5. The molecular weight excluding hydrogens is 208 g/mol. The van der Waals surface area contributed by atoms with E-state index in [1.165, 1.54) is 5.56 Å². The first kappa shape index (κ1) is 10.2. The maximum atomic E-state index is 6.08. The maximum Gasteiger partial charge on any atom is 0.207 e. The van der Waals surface area contributed by atoms with Gasteiger partial charge in [-0.15, -0.1) is 0 Å². The van der Waals surface area contributed by atoms with E-state index in [1.54, 1.807) is 0 Å². The molecule has 15 heavy (non-hydrogen) atoms. The van der Waals surface area contributed by atoms with Crippen molar-refractivity contribution in [3.05, 3.63) is 46.5 Å². The standard InChI is InChI=1S/C12H13ClN2/c1-8-4-6-11(7-5-8)15-10(3)9(2)14-12(15)13/h4-7H,1-3H3. The summed E-state index contributed by atoms with van der Waals surface area (Å²) in [5.41, 5.74) is 4.36. The molecule has 2 nitrogen and oxygen atoms in total. The van der Waals surface area contributed by atoms with E-state index in [0.29, 0.717) is 5.28 Å². The van der Waals surface area contributed by atoms with Crippen molar-refractivity contribution in [1.29, 1.82) is 0 Å². The molecule has 1 heterocycles. The Morgan fingerprint density at radius 3 is 2.13 bits per heavy atom. The zero-order valence-electron chi connectivity index (χ0n) is 9.08. The Kier molecular flexibility index (Phi) is 2.53. The Bertz CT molecular complexity index is 483. The van der Waals surface area contributed by atoms with Crippen molar-refractivity contribution in [2.45, 2.75) is 20.8 Å². The number of aryl methyl sites for hydroxylation is 2.